The average molecular weight is 294 g/mol. The molecule has 0 saturated carbocycles. The van der Waals surface area contributed by atoms with E-state index in [9.17, 15) is 0 Å². The summed E-state index contributed by atoms with van der Waals surface area (Å²) in [6.07, 6.45) is 3.47. The molecule has 2 aliphatic heterocycles. The van der Waals surface area contributed by atoms with Crippen molar-refractivity contribution in [3.05, 3.63) is 24.3 Å². The van der Waals surface area contributed by atoms with E-state index in [0.717, 1.165) is 44.0 Å². The van der Waals surface area contributed by atoms with Crippen LogP contribution in [0.3, 0.4) is 0 Å². The summed E-state index contributed by atoms with van der Waals surface area (Å²) in [6.45, 7) is 1.76. The van der Waals surface area contributed by atoms with E-state index < -0.39 is 0 Å². The van der Waals surface area contributed by atoms with Crippen LogP contribution in [0, 0.1) is 5.92 Å². The first-order chi connectivity index (χ1) is 9.86. The monoisotopic (exact) mass is 294 g/mol. The van der Waals surface area contributed by atoms with Crippen LogP contribution in [-0.4, -0.2) is 31.1 Å². The Morgan fingerprint density at radius 3 is 2.90 bits per heavy atom. The maximum atomic E-state index is 6.13. The number of benzene rings is 1. The molecule has 20 heavy (non-hydrogen) atoms. The number of para-hydroxylation sites is 1. The van der Waals surface area contributed by atoms with Crippen molar-refractivity contribution >= 4 is 11.8 Å². The number of hydrogen-bond acceptors (Lipinski definition) is 5. The SMILES string of the molecule is NNC(CC1CCOCC1)C1CSc2ccccc2O1. The predicted octanol–water partition coefficient (Wildman–Crippen LogP) is 2.19. The summed E-state index contributed by atoms with van der Waals surface area (Å²) >= 11 is 1.86. The van der Waals surface area contributed by atoms with E-state index in [0.29, 0.717) is 5.92 Å². The van der Waals surface area contributed by atoms with Gasteiger partial charge < -0.3 is 9.47 Å². The third kappa shape index (κ3) is 3.28. The van der Waals surface area contributed by atoms with Gasteiger partial charge in [-0.3, -0.25) is 11.3 Å². The fourth-order valence-corrected chi connectivity index (χ4v) is 3.98. The molecular formula is C15H22N2O2S. The van der Waals surface area contributed by atoms with Gasteiger partial charge in [-0.05, 0) is 37.3 Å². The standard InChI is InChI=1S/C15H22N2O2S/c16-17-12(9-11-5-7-18-8-6-11)14-10-20-15-4-2-1-3-13(15)19-14/h1-4,11-12,14,17H,5-10,16H2. The van der Waals surface area contributed by atoms with Gasteiger partial charge in [-0.25, -0.2) is 0 Å². The van der Waals surface area contributed by atoms with Crippen LogP contribution in [0.25, 0.3) is 0 Å². The second-order valence-electron chi connectivity index (χ2n) is 5.48. The average Bonchev–Trinajstić information content (AvgIpc) is 2.53. The van der Waals surface area contributed by atoms with Crippen molar-refractivity contribution in [2.24, 2.45) is 11.8 Å². The summed E-state index contributed by atoms with van der Waals surface area (Å²) < 4.78 is 11.6. The molecule has 2 aliphatic rings. The summed E-state index contributed by atoms with van der Waals surface area (Å²) in [6, 6.07) is 8.43. The first kappa shape index (κ1) is 14.2. The number of thioether (sulfide) groups is 1. The molecule has 2 heterocycles. The van der Waals surface area contributed by atoms with Gasteiger partial charge in [0, 0.05) is 23.9 Å². The second kappa shape index (κ2) is 6.80. The summed E-state index contributed by atoms with van der Waals surface area (Å²) in [7, 11) is 0. The van der Waals surface area contributed by atoms with Crippen LogP contribution < -0.4 is 16.0 Å². The van der Waals surface area contributed by atoms with Gasteiger partial charge in [-0.2, -0.15) is 0 Å². The Morgan fingerprint density at radius 2 is 2.10 bits per heavy atom. The number of fused-ring (bicyclic) bond motifs is 1. The van der Waals surface area contributed by atoms with Crippen LogP contribution in [0.1, 0.15) is 19.3 Å². The lowest BCUT2D eigenvalue weighted by Crippen LogP contribution is -2.49. The highest BCUT2D eigenvalue weighted by Crippen LogP contribution is 2.36. The van der Waals surface area contributed by atoms with Crippen LogP contribution in [0.5, 0.6) is 5.75 Å². The summed E-state index contributed by atoms with van der Waals surface area (Å²) in [5.41, 5.74) is 2.97. The molecule has 1 aromatic rings. The number of rotatable bonds is 4. The predicted molar refractivity (Wildman–Crippen MR) is 80.9 cm³/mol. The van der Waals surface area contributed by atoms with Gasteiger partial charge >= 0.3 is 0 Å². The van der Waals surface area contributed by atoms with Gasteiger partial charge in [-0.1, -0.05) is 12.1 Å². The number of hydrogen-bond donors (Lipinski definition) is 2. The van der Waals surface area contributed by atoms with E-state index in [-0.39, 0.29) is 12.1 Å². The number of ether oxygens (including phenoxy) is 2. The van der Waals surface area contributed by atoms with E-state index >= 15 is 0 Å². The molecule has 2 atom stereocenters. The maximum Gasteiger partial charge on any atom is 0.133 e. The van der Waals surface area contributed by atoms with Gasteiger partial charge in [0.25, 0.3) is 0 Å². The summed E-state index contributed by atoms with van der Waals surface area (Å²) in [5.74, 6) is 8.40. The summed E-state index contributed by atoms with van der Waals surface area (Å²) in [5, 5.41) is 0. The number of hydrazine groups is 1. The molecule has 2 unspecified atom stereocenters. The molecule has 0 amide bonds. The first-order valence-electron chi connectivity index (χ1n) is 7.29. The third-order valence-electron chi connectivity index (χ3n) is 4.12. The molecule has 0 radical (unpaired) electrons. The number of nitrogens with one attached hydrogen (secondary N) is 1. The van der Waals surface area contributed by atoms with Crippen molar-refractivity contribution in [1.29, 1.82) is 0 Å². The molecule has 110 valence electrons. The molecule has 5 heteroatoms. The van der Waals surface area contributed by atoms with Crippen molar-refractivity contribution in [3.63, 3.8) is 0 Å². The molecule has 0 aliphatic carbocycles. The fraction of sp³-hybridized carbons (Fsp3) is 0.600. The lowest BCUT2D eigenvalue weighted by atomic mass is 9.91. The van der Waals surface area contributed by atoms with E-state index in [1.54, 1.807) is 0 Å². The highest BCUT2D eigenvalue weighted by molar-refractivity contribution is 7.99. The molecule has 1 aromatic carbocycles. The van der Waals surface area contributed by atoms with Crippen molar-refractivity contribution in [1.82, 2.24) is 5.43 Å². The molecule has 1 saturated heterocycles. The highest BCUT2D eigenvalue weighted by atomic mass is 32.2. The Bertz CT molecular complexity index is 438. The topological polar surface area (TPSA) is 56.5 Å². The Labute approximate surface area is 124 Å². The van der Waals surface area contributed by atoms with Gasteiger partial charge in [0.05, 0.1) is 6.04 Å². The zero-order valence-electron chi connectivity index (χ0n) is 11.6. The van der Waals surface area contributed by atoms with Crippen LogP contribution in [0.4, 0.5) is 0 Å². The summed E-state index contributed by atoms with van der Waals surface area (Å²) in [4.78, 5) is 1.23. The molecule has 0 bridgehead atoms. The van der Waals surface area contributed by atoms with Gasteiger partial charge in [-0.15, -0.1) is 11.8 Å². The Kier molecular flexibility index (Phi) is 4.83. The smallest absolute Gasteiger partial charge is 0.133 e. The van der Waals surface area contributed by atoms with Gasteiger partial charge in [0.2, 0.25) is 0 Å². The van der Waals surface area contributed by atoms with Crippen molar-refractivity contribution in [2.75, 3.05) is 19.0 Å². The largest absolute Gasteiger partial charge is 0.487 e. The molecule has 0 aromatic heterocycles. The minimum atomic E-state index is 0.141. The molecule has 1 fully saturated rings. The highest BCUT2D eigenvalue weighted by Gasteiger charge is 2.30. The Hall–Kier alpha value is -0.750. The van der Waals surface area contributed by atoms with Crippen LogP contribution in [0.15, 0.2) is 29.2 Å². The van der Waals surface area contributed by atoms with E-state index in [1.807, 2.05) is 23.9 Å². The lowest BCUT2D eigenvalue weighted by molar-refractivity contribution is 0.0526. The quantitative estimate of drug-likeness (QED) is 0.658. The fourth-order valence-electron chi connectivity index (χ4n) is 2.90. The zero-order valence-corrected chi connectivity index (χ0v) is 12.4. The first-order valence-corrected chi connectivity index (χ1v) is 8.27. The van der Waals surface area contributed by atoms with Crippen molar-refractivity contribution in [3.8, 4) is 5.75 Å². The zero-order chi connectivity index (χ0) is 13.8. The Morgan fingerprint density at radius 1 is 1.30 bits per heavy atom. The third-order valence-corrected chi connectivity index (χ3v) is 5.27. The second-order valence-corrected chi connectivity index (χ2v) is 6.54. The van der Waals surface area contributed by atoms with Crippen LogP contribution in [-0.2, 0) is 4.74 Å². The van der Waals surface area contributed by atoms with Crippen molar-refractivity contribution in [2.45, 2.75) is 36.3 Å². The molecule has 4 nitrogen and oxygen atoms in total. The lowest BCUT2D eigenvalue weighted by Gasteiger charge is -2.34. The van der Waals surface area contributed by atoms with E-state index in [2.05, 4.69) is 17.6 Å². The minimum Gasteiger partial charge on any atom is -0.487 e. The van der Waals surface area contributed by atoms with Gasteiger partial charge in [0.1, 0.15) is 11.9 Å². The number of nitrogens with two attached hydrogens (primary N) is 1. The van der Waals surface area contributed by atoms with E-state index in [1.165, 1.54) is 4.90 Å². The molecule has 0 spiro atoms. The minimum absolute atomic E-state index is 0.141. The maximum absolute atomic E-state index is 6.13. The van der Waals surface area contributed by atoms with Crippen LogP contribution in [0.2, 0.25) is 0 Å². The normalized spacial score (nSPS) is 24.8. The van der Waals surface area contributed by atoms with Crippen LogP contribution >= 0.6 is 11.8 Å². The molecular weight excluding hydrogens is 272 g/mol. The molecule has 3 N–H and O–H groups in total. The van der Waals surface area contributed by atoms with Crippen molar-refractivity contribution < 1.29 is 9.47 Å². The van der Waals surface area contributed by atoms with Gasteiger partial charge in [0.15, 0.2) is 0 Å². The Balaban J connectivity index is 1.62. The molecule has 3 rings (SSSR count). The van der Waals surface area contributed by atoms with E-state index in [4.69, 9.17) is 15.3 Å².